The molecule has 132 valence electrons. The molecule has 0 aliphatic carbocycles. The van der Waals surface area contributed by atoms with Gasteiger partial charge in [-0.25, -0.2) is 4.98 Å². The number of hydrogen-bond acceptors (Lipinski definition) is 5. The zero-order valence-electron chi connectivity index (χ0n) is 14.4. The van der Waals surface area contributed by atoms with E-state index in [0.29, 0.717) is 17.9 Å². The van der Waals surface area contributed by atoms with Gasteiger partial charge in [-0.2, -0.15) is 8.42 Å². The molecule has 1 aliphatic rings. The number of fused-ring (bicyclic) bond motifs is 3. The maximum atomic E-state index is 12.6. The Hall–Kier alpha value is -2.86. The molecule has 0 radical (unpaired) electrons. The molecule has 0 spiro atoms. The number of pyridine rings is 1. The van der Waals surface area contributed by atoms with Crippen LogP contribution in [0.4, 0.5) is 0 Å². The van der Waals surface area contributed by atoms with Crippen molar-refractivity contribution in [2.24, 2.45) is 0 Å². The van der Waals surface area contributed by atoms with Crippen LogP contribution in [0.2, 0.25) is 0 Å². The molecule has 0 amide bonds. The number of aromatic nitrogens is 1. The molecule has 2 heterocycles. The molecule has 0 atom stereocenters. The predicted molar refractivity (Wildman–Crippen MR) is 97.7 cm³/mol. The monoisotopic (exact) mass is 367 g/mol. The van der Waals surface area contributed by atoms with E-state index < -0.39 is 10.1 Å². The van der Waals surface area contributed by atoms with Gasteiger partial charge < -0.3 is 8.92 Å². The fourth-order valence-corrected chi connectivity index (χ4v) is 4.18. The Kier molecular flexibility index (Phi) is 3.92. The number of hydrogen-bond donors (Lipinski definition) is 0. The fourth-order valence-electron chi connectivity index (χ4n) is 3.29. The second kappa shape index (κ2) is 6.14. The Morgan fingerprint density at radius 2 is 1.88 bits per heavy atom. The van der Waals surface area contributed by atoms with Gasteiger partial charge in [-0.1, -0.05) is 29.8 Å². The van der Waals surface area contributed by atoms with Crippen LogP contribution in [-0.4, -0.2) is 13.4 Å². The van der Waals surface area contributed by atoms with Crippen molar-refractivity contribution < 1.29 is 17.3 Å². The summed E-state index contributed by atoms with van der Waals surface area (Å²) >= 11 is 0. The molecule has 1 aliphatic heterocycles. The molecule has 2 aromatic carbocycles. The highest BCUT2D eigenvalue weighted by Gasteiger charge is 2.27. The van der Waals surface area contributed by atoms with E-state index in [2.05, 4.69) is 17.1 Å². The lowest BCUT2D eigenvalue weighted by Gasteiger charge is -2.25. The zero-order valence-corrected chi connectivity index (χ0v) is 15.2. The van der Waals surface area contributed by atoms with Crippen LogP contribution in [0.3, 0.4) is 0 Å². The van der Waals surface area contributed by atoms with Gasteiger partial charge in [-0.3, -0.25) is 0 Å². The summed E-state index contributed by atoms with van der Waals surface area (Å²) in [5, 5.41) is -0.129. The van der Waals surface area contributed by atoms with Crippen molar-refractivity contribution >= 4 is 10.1 Å². The van der Waals surface area contributed by atoms with Crippen molar-refractivity contribution in [3.63, 3.8) is 0 Å². The van der Waals surface area contributed by atoms with E-state index in [1.165, 1.54) is 12.3 Å². The van der Waals surface area contributed by atoms with Crippen LogP contribution in [0, 0.1) is 13.8 Å². The normalized spacial score (nSPS) is 12.7. The van der Waals surface area contributed by atoms with E-state index >= 15 is 0 Å². The van der Waals surface area contributed by atoms with Gasteiger partial charge in [0.2, 0.25) is 0 Å². The zero-order chi connectivity index (χ0) is 18.3. The van der Waals surface area contributed by atoms with Crippen molar-refractivity contribution in [1.29, 1.82) is 0 Å². The highest BCUT2D eigenvalue weighted by atomic mass is 32.2. The smallest absolute Gasteiger partial charge is 0.356 e. The third-order valence-corrected chi connectivity index (χ3v) is 5.43. The van der Waals surface area contributed by atoms with Crippen molar-refractivity contribution in [3.8, 4) is 22.6 Å². The second-order valence-electron chi connectivity index (χ2n) is 6.24. The molecular formula is C20H17NO4S. The quantitative estimate of drug-likeness (QED) is 0.654. The molecule has 0 N–H and O–H groups in total. The van der Waals surface area contributed by atoms with Gasteiger partial charge in [-0.05, 0) is 54.8 Å². The van der Waals surface area contributed by atoms with Crippen LogP contribution >= 0.6 is 0 Å². The third kappa shape index (κ3) is 2.82. The van der Waals surface area contributed by atoms with Crippen LogP contribution < -0.4 is 8.92 Å². The van der Waals surface area contributed by atoms with Crippen molar-refractivity contribution in [2.45, 2.75) is 25.5 Å². The largest absolute Gasteiger partial charge is 0.488 e. The van der Waals surface area contributed by atoms with Gasteiger partial charge in [-0.15, -0.1) is 0 Å². The summed E-state index contributed by atoms with van der Waals surface area (Å²) in [6.45, 7) is 4.48. The van der Waals surface area contributed by atoms with Crippen LogP contribution in [0.1, 0.15) is 16.7 Å². The standard InChI is InChI=1S/C20H17NO4S/c1-13-10-14(2)19-15(11-13)12-24-16-6-5-7-17(20(16)19)25-26(22,23)18-8-3-4-9-21-18/h3-11H,12H2,1-2H3. The summed E-state index contributed by atoms with van der Waals surface area (Å²) in [4.78, 5) is 3.89. The van der Waals surface area contributed by atoms with Crippen molar-refractivity contribution in [1.82, 2.24) is 4.98 Å². The minimum Gasteiger partial charge on any atom is -0.488 e. The van der Waals surface area contributed by atoms with Gasteiger partial charge in [0.05, 0.1) is 5.56 Å². The Morgan fingerprint density at radius 3 is 2.65 bits per heavy atom. The fraction of sp³-hybridized carbons (Fsp3) is 0.150. The Morgan fingerprint density at radius 1 is 1.04 bits per heavy atom. The Bertz CT molecular complexity index is 1090. The first-order valence-corrected chi connectivity index (χ1v) is 9.58. The lowest BCUT2D eigenvalue weighted by Crippen LogP contribution is -2.14. The van der Waals surface area contributed by atoms with E-state index in [1.807, 2.05) is 19.9 Å². The molecule has 0 fully saturated rings. The van der Waals surface area contributed by atoms with Gasteiger partial charge in [0.1, 0.15) is 12.4 Å². The summed E-state index contributed by atoms with van der Waals surface area (Å²) in [5.74, 6) is 0.847. The molecule has 5 nitrogen and oxygen atoms in total. The average molecular weight is 367 g/mol. The maximum Gasteiger partial charge on any atom is 0.356 e. The summed E-state index contributed by atoms with van der Waals surface area (Å²) in [7, 11) is -4.04. The van der Waals surface area contributed by atoms with Gasteiger partial charge >= 0.3 is 10.1 Å². The summed E-state index contributed by atoms with van der Waals surface area (Å²) in [6.07, 6.45) is 1.42. The summed E-state index contributed by atoms with van der Waals surface area (Å²) in [5.41, 5.74) is 4.82. The third-order valence-electron chi connectivity index (χ3n) is 4.28. The first-order valence-electron chi connectivity index (χ1n) is 8.17. The number of aryl methyl sites for hydroxylation is 2. The van der Waals surface area contributed by atoms with Crippen molar-refractivity contribution in [3.05, 3.63) is 71.4 Å². The molecule has 1 aromatic heterocycles. The van der Waals surface area contributed by atoms with Gasteiger partial charge in [0.25, 0.3) is 0 Å². The molecule has 0 bridgehead atoms. The van der Waals surface area contributed by atoms with Gasteiger partial charge in [0, 0.05) is 6.20 Å². The first-order chi connectivity index (χ1) is 12.5. The number of ether oxygens (including phenoxy) is 1. The molecule has 0 unspecified atom stereocenters. The lowest BCUT2D eigenvalue weighted by molar-refractivity contribution is 0.301. The van der Waals surface area contributed by atoms with Crippen LogP contribution in [0.25, 0.3) is 11.1 Å². The minimum absolute atomic E-state index is 0.129. The Balaban J connectivity index is 1.86. The molecule has 0 saturated carbocycles. The average Bonchev–Trinajstić information content (AvgIpc) is 2.62. The minimum atomic E-state index is -4.04. The molecule has 6 heteroatoms. The highest BCUT2D eigenvalue weighted by molar-refractivity contribution is 7.87. The van der Waals surface area contributed by atoms with E-state index in [9.17, 15) is 8.42 Å². The summed E-state index contributed by atoms with van der Waals surface area (Å²) < 4.78 is 36.5. The topological polar surface area (TPSA) is 65.5 Å². The van der Waals surface area contributed by atoms with E-state index in [1.54, 1.807) is 24.3 Å². The second-order valence-corrected chi connectivity index (χ2v) is 7.73. The van der Waals surface area contributed by atoms with E-state index in [0.717, 1.165) is 22.3 Å². The molecule has 26 heavy (non-hydrogen) atoms. The maximum absolute atomic E-state index is 12.6. The number of benzene rings is 2. The van der Waals surface area contributed by atoms with Gasteiger partial charge in [0.15, 0.2) is 10.8 Å². The SMILES string of the molecule is Cc1cc(C)c2c(c1)COc1cccc(OS(=O)(=O)c3ccccn3)c1-2. The van der Waals surface area contributed by atoms with Crippen molar-refractivity contribution in [2.75, 3.05) is 0 Å². The molecular weight excluding hydrogens is 350 g/mol. The summed E-state index contributed by atoms with van der Waals surface area (Å²) in [6, 6.07) is 14.0. The lowest BCUT2D eigenvalue weighted by atomic mass is 9.91. The van der Waals surface area contributed by atoms with Crippen LogP contribution in [0.15, 0.2) is 59.8 Å². The van der Waals surface area contributed by atoms with Crippen LogP contribution in [-0.2, 0) is 16.7 Å². The van der Waals surface area contributed by atoms with Crippen LogP contribution in [0.5, 0.6) is 11.5 Å². The highest BCUT2D eigenvalue weighted by Crippen LogP contribution is 2.46. The first kappa shape index (κ1) is 16.6. The molecule has 4 rings (SSSR count). The van der Waals surface area contributed by atoms with E-state index in [-0.39, 0.29) is 10.8 Å². The Labute approximate surface area is 152 Å². The number of nitrogens with zero attached hydrogens (tertiary/aromatic N) is 1. The predicted octanol–water partition coefficient (Wildman–Crippen LogP) is 4.03. The molecule has 0 saturated heterocycles. The number of rotatable bonds is 3. The molecule has 3 aromatic rings. The van der Waals surface area contributed by atoms with E-state index in [4.69, 9.17) is 8.92 Å².